The van der Waals surface area contributed by atoms with Crippen LogP contribution in [-0.4, -0.2) is 57.5 Å². The molecule has 1 amide bonds. The van der Waals surface area contributed by atoms with Crippen LogP contribution in [0, 0.1) is 13.8 Å². The standard InChI is InChI=1S/C27H30N4O2/c1-20-11-21(2)13-23(12-20)16-30-18-25(24-6-4-8-29-15-24)27(19-30)26(32)31(9-10-33-27)17-22-5-3-7-28-14-22/h3-8,11-15,25H,9-10,16-19H2,1-2H3/t25-,27+/m1/s1. The Morgan fingerprint density at radius 1 is 1.00 bits per heavy atom. The minimum absolute atomic E-state index is 0.0642. The molecule has 2 aliphatic heterocycles. The highest BCUT2D eigenvalue weighted by Crippen LogP contribution is 2.42. The molecular formula is C27H30N4O2. The number of morpholine rings is 1. The van der Waals surface area contributed by atoms with E-state index in [9.17, 15) is 4.79 Å². The Morgan fingerprint density at radius 3 is 2.45 bits per heavy atom. The van der Waals surface area contributed by atoms with E-state index >= 15 is 0 Å². The van der Waals surface area contributed by atoms with Gasteiger partial charge in [0.05, 0.1) is 6.61 Å². The molecule has 0 N–H and O–H groups in total. The third-order valence-electron chi connectivity index (χ3n) is 6.70. The second-order valence-electron chi connectivity index (χ2n) is 9.33. The molecule has 2 aromatic heterocycles. The first-order valence-electron chi connectivity index (χ1n) is 11.6. The lowest BCUT2D eigenvalue weighted by molar-refractivity contribution is -0.173. The molecule has 1 spiro atoms. The summed E-state index contributed by atoms with van der Waals surface area (Å²) in [6.07, 6.45) is 7.24. The first-order chi connectivity index (χ1) is 16.0. The molecule has 1 aromatic carbocycles. The summed E-state index contributed by atoms with van der Waals surface area (Å²) in [5, 5.41) is 0. The summed E-state index contributed by atoms with van der Waals surface area (Å²) in [6, 6.07) is 14.6. The number of nitrogens with zero attached hydrogens (tertiary/aromatic N) is 4. The summed E-state index contributed by atoms with van der Waals surface area (Å²) in [4.78, 5) is 26.8. The van der Waals surface area contributed by atoms with Crippen molar-refractivity contribution in [1.29, 1.82) is 0 Å². The molecule has 6 nitrogen and oxygen atoms in total. The first-order valence-corrected chi connectivity index (χ1v) is 11.6. The summed E-state index contributed by atoms with van der Waals surface area (Å²) in [6.45, 7) is 8.05. The molecule has 2 atom stereocenters. The quantitative estimate of drug-likeness (QED) is 0.605. The van der Waals surface area contributed by atoms with Crippen LogP contribution in [0.2, 0.25) is 0 Å². The van der Waals surface area contributed by atoms with Gasteiger partial charge in [-0.1, -0.05) is 41.5 Å². The van der Waals surface area contributed by atoms with Crippen molar-refractivity contribution in [3.05, 3.63) is 95.1 Å². The fourth-order valence-corrected chi connectivity index (χ4v) is 5.40. The molecule has 5 rings (SSSR count). The summed E-state index contributed by atoms with van der Waals surface area (Å²) >= 11 is 0. The Balaban J connectivity index is 1.45. The second-order valence-corrected chi connectivity index (χ2v) is 9.33. The minimum Gasteiger partial charge on any atom is -0.361 e. The SMILES string of the molecule is Cc1cc(C)cc(CN2C[C@H](c3cccnc3)[C@]3(C2)OCCN(Cc2cccnc2)C3=O)c1. The Kier molecular flexibility index (Phi) is 5.96. The summed E-state index contributed by atoms with van der Waals surface area (Å²) in [5.74, 6) is -0.00400. The molecule has 2 saturated heterocycles. The zero-order chi connectivity index (χ0) is 22.8. The number of aromatic nitrogens is 2. The number of rotatable bonds is 5. The third-order valence-corrected chi connectivity index (χ3v) is 6.70. The van der Waals surface area contributed by atoms with Crippen LogP contribution >= 0.6 is 0 Å². The molecule has 3 aromatic rings. The van der Waals surface area contributed by atoms with Crippen LogP contribution in [0.15, 0.2) is 67.3 Å². The van der Waals surface area contributed by atoms with E-state index in [0.29, 0.717) is 26.2 Å². The molecule has 6 heteroatoms. The molecule has 0 radical (unpaired) electrons. The largest absolute Gasteiger partial charge is 0.361 e. The van der Waals surface area contributed by atoms with Gasteiger partial charge in [0, 0.05) is 63.4 Å². The lowest BCUT2D eigenvalue weighted by Crippen LogP contribution is -2.59. The predicted octanol–water partition coefficient (Wildman–Crippen LogP) is 3.49. The number of hydrogen-bond donors (Lipinski definition) is 0. The zero-order valence-corrected chi connectivity index (χ0v) is 19.3. The predicted molar refractivity (Wildman–Crippen MR) is 127 cm³/mol. The molecule has 0 unspecified atom stereocenters. The topological polar surface area (TPSA) is 58.6 Å². The molecule has 33 heavy (non-hydrogen) atoms. The number of aryl methyl sites for hydroxylation is 2. The highest BCUT2D eigenvalue weighted by Gasteiger charge is 2.56. The van der Waals surface area contributed by atoms with E-state index < -0.39 is 5.60 Å². The van der Waals surface area contributed by atoms with E-state index in [0.717, 1.165) is 24.2 Å². The van der Waals surface area contributed by atoms with Crippen LogP contribution in [0.4, 0.5) is 0 Å². The van der Waals surface area contributed by atoms with Gasteiger partial charge in [-0.05, 0) is 42.7 Å². The lowest BCUT2D eigenvalue weighted by Gasteiger charge is -2.42. The van der Waals surface area contributed by atoms with Crippen molar-refractivity contribution in [2.75, 3.05) is 26.2 Å². The van der Waals surface area contributed by atoms with Crippen LogP contribution < -0.4 is 0 Å². The molecular weight excluding hydrogens is 412 g/mol. The Hall–Kier alpha value is -3.09. The molecule has 2 fully saturated rings. The van der Waals surface area contributed by atoms with Crippen LogP contribution in [0.25, 0.3) is 0 Å². The van der Waals surface area contributed by atoms with E-state index in [1.165, 1.54) is 16.7 Å². The highest BCUT2D eigenvalue weighted by atomic mass is 16.5. The third kappa shape index (κ3) is 4.41. The van der Waals surface area contributed by atoms with Crippen LogP contribution in [0.1, 0.15) is 33.7 Å². The fraction of sp³-hybridized carbons (Fsp3) is 0.370. The second kappa shape index (κ2) is 9.04. The minimum atomic E-state index is -0.900. The number of pyridine rings is 2. The number of carbonyl (C=O) groups is 1. The number of likely N-dealkylation sites (tertiary alicyclic amines) is 1. The average Bonchev–Trinajstić information content (AvgIpc) is 3.16. The highest BCUT2D eigenvalue weighted by molar-refractivity contribution is 5.88. The summed E-state index contributed by atoms with van der Waals surface area (Å²) in [7, 11) is 0. The van der Waals surface area contributed by atoms with Crippen LogP contribution in [-0.2, 0) is 22.6 Å². The van der Waals surface area contributed by atoms with Crippen molar-refractivity contribution in [1.82, 2.24) is 19.8 Å². The van der Waals surface area contributed by atoms with Gasteiger partial charge >= 0.3 is 0 Å². The number of benzene rings is 1. The first kappa shape index (κ1) is 21.7. The zero-order valence-electron chi connectivity index (χ0n) is 19.3. The van der Waals surface area contributed by atoms with Crippen LogP contribution in [0.5, 0.6) is 0 Å². The van der Waals surface area contributed by atoms with Crippen molar-refractivity contribution in [3.63, 3.8) is 0 Å². The normalized spacial score (nSPS) is 23.4. The van der Waals surface area contributed by atoms with Crippen LogP contribution in [0.3, 0.4) is 0 Å². The van der Waals surface area contributed by atoms with E-state index in [1.807, 2.05) is 35.5 Å². The smallest absolute Gasteiger partial charge is 0.257 e. The molecule has 0 bridgehead atoms. The summed E-state index contributed by atoms with van der Waals surface area (Å²) in [5.41, 5.74) is 4.97. The van der Waals surface area contributed by atoms with Gasteiger partial charge in [-0.3, -0.25) is 19.7 Å². The van der Waals surface area contributed by atoms with Crippen molar-refractivity contribution < 1.29 is 9.53 Å². The van der Waals surface area contributed by atoms with Gasteiger partial charge in [-0.2, -0.15) is 0 Å². The summed E-state index contributed by atoms with van der Waals surface area (Å²) < 4.78 is 6.41. The number of amides is 1. The van der Waals surface area contributed by atoms with E-state index in [2.05, 4.69) is 53.0 Å². The van der Waals surface area contributed by atoms with Crippen molar-refractivity contribution in [3.8, 4) is 0 Å². The van der Waals surface area contributed by atoms with Gasteiger partial charge < -0.3 is 9.64 Å². The maximum absolute atomic E-state index is 14.0. The average molecular weight is 443 g/mol. The number of hydrogen-bond acceptors (Lipinski definition) is 5. The monoisotopic (exact) mass is 442 g/mol. The van der Waals surface area contributed by atoms with Gasteiger partial charge in [-0.15, -0.1) is 0 Å². The Morgan fingerprint density at radius 2 is 1.76 bits per heavy atom. The number of carbonyl (C=O) groups excluding carboxylic acids is 1. The van der Waals surface area contributed by atoms with Crippen molar-refractivity contribution in [2.45, 2.75) is 38.5 Å². The fourth-order valence-electron chi connectivity index (χ4n) is 5.40. The molecule has 0 saturated carbocycles. The van der Waals surface area contributed by atoms with Crippen molar-refractivity contribution in [2.24, 2.45) is 0 Å². The molecule has 4 heterocycles. The van der Waals surface area contributed by atoms with Gasteiger partial charge in [0.2, 0.25) is 0 Å². The molecule has 170 valence electrons. The van der Waals surface area contributed by atoms with E-state index in [4.69, 9.17) is 4.74 Å². The maximum Gasteiger partial charge on any atom is 0.257 e. The van der Waals surface area contributed by atoms with Gasteiger partial charge in [-0.25, -0.2) is 0 Å². The van der Waals surface area contributed by atoms with Gasteiger partial charge in [0.15, 0.2) is 5.60 Å². The van der Waals surface area contributed by atoms with Crippen molar-refractivity contribution >= 4 is 5.91 Å². The Labute approximate surface area is 195 Å². The van der Waals surface area contributed by atoms with Gasteiger partial charge in [0.1, 0.15) is 0 Å². The van der Waals surface area contributed by atoms with E-state index in [1.54, 1.807) is 12.4 Å². The lowest BCUT2D eigenvalue weighted by atomic mass is 9.83. The molecule has 2 aliphatic rings. The van der Waals surface area contributed by atoms with Gasteiger partial charge in [0.25, 0.3) is 5.91 Å². The Bertz CT molecular complexity index is 1100. The number of ether oxygens (including phenoxy) is 1. The molecule has 0 aliphatic carbocycles. The maximum atomic E-state index is 14.0. The van der Waals surface area contributed by atoms with E-state index in [-0.39, 0.29) is 11.8 Å².